The highest BCUT2D eigenvalue weighted by Crippen LogP contribution is 1.87. The van der Waals surface area contributed by atoms with Gasteiger partial charge in [-0.2, -0.15) is 0 Å². The van der Waals surface area contributed by atoms with Crippen molar-refractivity contribution in [1.29, 1.82) is 0 Å². The molecule has 1 heteroatoms. The summed E-state index contributed by atoms with van der Waals surface area (Å²) in [6.45, 7) is 12.0. The van der Waals surface area contributed by atoms with E-state index in [-0.39, 0.29) is 5.83 Å². The van der Waals surface area contributed by atoms with Crippen LogP contribution >= 0.6 is 0 Å². The van der Waals surface area contributed by atoms with E-state index < -0.39 is 0 Å². The van der Waals surface area contributed by atoms with Crippen LogP contribution in [0.2, 0.25) is 0 Å². The van der Waals surface area contributed by atoms with E-state index in [1.165, 1.54) is 13.0 Å². The molecule has 0 aliphatic heterocycles. The zero-order valence-electron chi connectivity index (χ0n) is 6.95. The predicted molar refractivity (Wildman–Crippen MR) is 45.6 cm³/mol. The first-order valence-electron chi connectivity index (χ1n) is 3.11. The Hall–Kier alpha value is -0.850. The molecule has 0 heterocycles. The van der Waals surface area contributed by atoms with Crippen LogP contribution in [0.3, 0.4) is 0 Å². The van der Waals surface area contributed by atoms with Gasteiger partial charge >= 0.3 is 0 Å². The average Bonchev–Trinajstić information content (AvgIpc) is 1.89. The second-order valence-electron chi connectivity index (χ2n) is 1.93. The third-order valence-corrected chi connectivity index (χ3v) is 0.746. The summed E-state index contributed by atoms with van der Waals surface area (Å²) in [4.78, 5) is 0. The highest BCUT2D eigenvalue weighted by molar-refractivity contribution is 5.05. The molecule has 0 aliphatic rings. The van der Waals surface area contributed by atoms with Crippen molar-refractivity contribution < 1.29 is 4.39 Å². The van der Waals surface area contributed by atoms with E-state index in [4.69, 9.17) is 0 Å². The number of hydrogen-bond donors (Lipinski definition) is 0. The maximum absolute atomic E-state index is 11.3. The van der Waals surface area contributed by atoms with Crippen molar-refractivity contribution in [1.82, 2.24) is 0 Å². The molecule has 0 saturated heterocycles. The molecule has 0 fully saturated rings. The summed E-state index contributed by atoms with van der Waals surface area (Å²) in [7, 11) is 0. The predicted octanol–water partition coefficient (Wildman–Crippen LogP) is 3.63. The third-order valence-electron chi connectivity index (χ3n) is 0.746. The van der Waals surface area contributed by atoms with Crippen molar-refractivity contribution in [2.24, 2.45) is 0 Å². The fourth-order valence-corrected chi connectivity index (χ4v) is 0. The lowest BCUT2D eigenvalue weighted by molar-refractivity contribution is 0.638. The minimum atomic E-state index is -0.120. The molecule has 0 saturated carbocycles. The zero-order valence-corrected chi connectivity index (χ0v) is 6.95. The average molecular weight is 142 g/mol. The Kier molecular flexibility index (Phi) is 9.69. The lowest BCUT2D eigenvalue weighted by atomic mass is 10.4. The molecule has 10 heavy (non-hydrogen) atoms. The molecule has 0 nitrogen and oxygen atoms in total. The van der Waals surface area contributed by atoms with Crippen LogP contribution in [-0.4, -0.2) is 0 Å². The van der Waals surface area contributed by atoms with Crippen LogP contribution in [0.15, 0.2) is 36.7 Å². The summed E-state index contributed by atoms with van der Waals surface area (Å²) < 4.78 is 11.3. The molecule has 0 aromatic heterocycles. The molecule has 58 valence electrons. The molecule has 0 bridgehead atoms. The molecule has 0 unspecified atom stereocenters. The molecular formula is C9H15F. The SMILES string of the molecule is C/C=C(\C)F.C=CC(=C)C. The summed E-state index contributed by atoms with van der Waals surface area (Å²) >= 11 is 0. The van der Waals surface area contributed by atoms with E-state index in [9.17, 15) is 4.39 Å². The Balaban J connectivity index is 0. The molecule has 0 N–H and O–H groups in total. The van der Waals surface area contributed by atoms with Crippen LogP contribution in [0.5, 0.6) is 0 Å². The Morgan fingerprint density at radius 2 is 1.60 bits per heavy atom. The van der Waals surface area contributed by atoms with Gasteiger partial charge in [0, 0.05) is 0 Å². The first-order valence-corrected chi connectivity index (χ1v) is 3.11. The van der Waals surface area contributed by atoms with Gasteiger partial charge in [0.1, 0.15) is 0 Å². The van der Waals surface area contributed by atoms with E-state index in [1.54, 1.807) is 13.0 Å². The van der Waals surface area contributed by atoms with Gasteiger partial charge in [0.2, 0.25) is 0 Å². The Morgan fingerprint density at radius 1 is 1.40 bits per heavy atom. The van der Waals surface area contributed by atoms with Gasteiger partial charge in [-0.3, -0.25) is 0 Å². The standard InChI is InChI=1S/C5H8.C4H7F/c1-4-5(2)3;1-3-4(2)5/h4H,1-2H2,3H3;3H,1-2H3/b;4-3+. The first kappa shape index (κ1) is 11.9. The van der Waals surface area contributed by atoms with Crippen molar-refractivity contribution in [2.75, 3.05) is 0 Å². The first-order chi connectivity index (χ1) is 4.54. The van der Waals surface area contributed by atoms with Crippen molar-refractivity contribution >= 4 is 0 Å². The lowest BCUT2D eigenvalue weighted by Crippen LogP contribution is -1.50. The zero-order chi connectivity index (χ0) is 8.57. The molecule has 0 aromatic rings. The van der Waals surface area contributed by atoms with Crippen LogP contribution in [-0.2, 0) is 0 Å². The molecule has 0 aromatic carbocycles. The van der Waals surface area contributed by atoms with E-state index >= 15 is 0 Å². The molecule has 0 amide bonds. The third kappa shape index (κ3) is 27.3. The Morgan fingerprint density at radius 3 is 1.60 bits per heavy atom. The highest BCUT2D eigenvalue weighted by atomic mass is 19.1. The van der Waals surface area contributed by atoms with Gasteiger partial charge in [-0.25, -0.2) is 4.39 Å². The van der Waals surface area contributed by atoms with Crippen LogP contribution in [0.25, 0.3) is 0 Å². The second kappa shape index (κ2) is 8.15. The number of rotatable bonds is 1. The van der Waals surface area contributed by atoms with Crippen molar-refractivity contribution in [3.8, 4) is 0 Å². The maximum atomic E-state index is 11.3. The van der Waals surface area contributed by atoms with E-state index in [0.717, 1.165) is 5.57 Å². The van der Waals surface area contributed by atoms with Crippen molar-refractivity contribution in [3.05, 3.63) is 36.7 Å². The monoisotopic (exact) mass is 142 g/mol. The van der Waals surface area contributed by atoms with Gasteiger partial charge in [0.15, 0.2) is 0 Å². The van der Waals surface area contributed by atoms with Gasteiger partial charge in [0.25, 0.3) is 0 Å². The van der Waals surface area contributed by atoms with Crippen molar-refractivity contribution in [3.63, 3.8) is 0 Å². The van der Waals surface area contributed by atoms with E-state index in [1.807, 2.05) is 6.92 Å². The fourth-order valence-electron chi connectivity index (χ4n) is 0. The molecule has 0 rings (SSSR count). The summed E-state index contributed by atoms with van der Waals surface area (Å²) in [6, 6.07) is 0. The molecule has 0 atom stereocenters. The quantitative estimate of drug-likeness (QED) is 0.490. The van der Waals surface area contributed by atoms with Gasteiger partial charge in [0.05, 0.1) is 5.83 Å². The normalized spacial score (nSPS) is 9.40. The lowest BCUT2D eigenvalue weighted by Gasteiger charge is -1.71. The summed E-state index contributed by atoms with van der Waals surface area (Å²) in [5.41, 5.74) is 1.02. The highest BCUT2D eigenvalue weighted by Gasteiger charge is 1.67. The topological polar surface area (TPSA) is 0 Å². The van der Waals surface area contributed by atoms with Crippen LogP contribution in [0.1, 0.15) is 20.8 Å². The smallest absolute Gasteiger partial charge is 0.0926 e. The van der Waals surface area contributed by atoms with Gasteiger partial charge in [-0.1, -0.05) is 30.9 Å². The molecule has 0 radical (unpaired) electrons. The number of hydrogen-bond acceptors (Lipinski definition) is 0. The number of allylic oxidation sites excluding steroid dienone is 4. The van der Waals surface area contributed by atoms with Crippen LogP contribution in [0, 0.1) is 0 Å². The minimum Gasteiger partial charge on any atom is -0.213 e. The second-order valence-corrected chi connectivity index (χ2v) is 1.93. The Bertz CT molecular complexity index is 128. The molecule has 0 aliphatic carbocycles. The summed E-state index contributed by atoms with van der Waals surface area (Å²) in [5.74, 6) is -0.120. The summed E-state index contributed by atoms with van der Waals surface area (Å²) in [5, 5.41) is 0. The van der Waals surface area contributed by atoms with Gasteiger partial charge in [-0.15, -0.1) is 0 Å². The fraction of sp³-hybridized carbons (Fsp3) is 0.333. The van der Waals surface area contributed by atoms with E-state index in [2.05, 4.69) is 13.2 Å². The molecular weight excluding hydrogens is 127 g/mol. The van der Waals surface area contributed by atoms with Crippen LogP contribution in [0.4, 0.5) is 4.39 Å². The largest absolute Gasteiger partial charge is 0.213 e. The van der Waals surface area contributed by atoms with Gasteiger partial charge < -0.3 is 0 Å². The maximum Gasteiger partial charge on any atom is 0.0926 e. The van der Waals surface area contributed by atoms with Crippen LogP contribution < -0.4 is 0 Å². The van der Waals surface area contributed by atoms with Crippen molar-refractivity contribution in [2.45, 2.75) is 20.8 Å². The van der Waals surface area contributed by atoms with E-state index in [0.29, 0.717) is 0 Å². The molecule has 0 spiro atoms. The Labute approximate surface area is 62.8 Å². The van der Waals surface area contributed by atoms with Gasteiger partial charge in [-0.05, 0) is 20.8 Å². The number of halogens is 1. The minimum absolute atomic E-state index is 0.120. The summed E-state index contributed by atoms with van der Waals surface area (Å²) in [6.07, 6.45) is 3.14.